The average molecular weight is 344 g/mol. The number of nitrogens with one attached hydrogen (secondary N) is 1. The third-order valence-corrected chi connectivity index (χ3v) is 4.66. The minimum Gasteiger partial charge on any atom is -0.396 e. The number of hydrogen-bond acceptors (Lipinski definition) is 6. The largest absolute Gasteiger partial charge is 0.396 e. The van der Waals surface area contributed by atoms with Crippen LogP contribution in [0.4, 0.5) is 11.4 Å². The molecule has 0 radical (unpaired) electrons. The number of nitrogens with zero attached hydrogens (tertiary/aromatic N) is 3. The lowest BCUT2D eigenvalue weighted by atomic mass is 9.97. The molecule has 2 N–H and O–H groups in total. The topological polar surface area (TPSA) is 74.4 Å². The van der Waals surface area contributed by atoms with Gasteiger partial charge in [-0.05, 0) is 30.9 Å². The Morgan fingerprint density at radius 1 is 1.24 bits per heavy atom. The van der Waals surface area contributed by atoms with Crippen molar-refractivity contribution in [1.29, 1.82) is 0 Å². The van der Waals surface area contributed by atoms with E-state index in [1.54, 1.807) is 0 Å². The highest BCUT2D eigenvalue weighted by molar-refractivity contribution is 5.70. The standard InChI is InChI=1S/C19H28N4O2/c1-19(2,3)18-21-17(22-25-18)12-20-15-6-4-5-7-16(15)23-10-8-14(13-24)9-11-23/h4-7,14,20,24H,8-13H2,1-3H3. The van der Waals surface area contributed by atoms with Gasteiger partial charge in [0.15, 0.2) is 5.82 Å². The van der Waals surface area contributed by atoms with Gasteiger partial charge in [-0.2, -0.15) is 4.98 Å². The number of aliphatic hydroxyl groups is 1. The molecule has 1 aliphatic heterocycles. The highest BCUT2D eigenvalue weighted by Gasteiger charge is 2.22. The van der Waals surface area contributed by atoms with Crippen LogP contribution in [0.25, 0.3) is 0 Å². The van der Waals surface area contributed by atoms with Crippen LogP contribution in [0.3, 0.4) is 0 Å². The number of benzene rings is 1. The highest BCUT2D eigenvalue weighted by Crippen LogP contribution is 2.30. The van der Waals surface area contributed by atoms with Crippen LogP contribution >= 0.6 is 0 Å². The van der Waals surface area contributed by atoms with Gasteiger partial charge in [-0.25, -0.2) is 0 Å². The van der Waals surface area contributed by atoms with Gasteiger partial charge in [-0.3, -0.25) is 0 Å². The average Bonchev–Trinajstić information content (AvgIpc) is 3.10. The maximum atomic E-state index is 9.32. The van der Waals surface area contributed by atoms with Crippen molar-refractivity contribution in [2.75, 3.05) is 29.9 Å². The smallest absolute Gasteiger partial charge is 0.232 e. The van der Waals surface area contributed by atoms with Crippen LogP contribution < -0.4 is 10.2 Å². The molecule has 1 saturated heterocycles. The summed E-state index contributed by atoms with van der Waals surface area (Å²) >= 11 is 0. The normalized spacial score (nSPS) is 16.2. The van der Waals surface area contributed by atoms with E-state index in [0.717, 1.165) is 31.6 Å². The molecule has 3 rings (SSSR count). The van der Waals surface area contributed by atoms with Crippen molar-refractivity contribution in [2.45, 2.75) is 45.6 Å². The summed E-state index contributed by atoms with van der Waals surface area (Å²) in [6.45, 7) is 8.95. The Labute approximate surface area is 149 Å². The zero-order valence-electron chi connectivity index (χ0n) is 15.3. The molecule has 25 heavy (non-hydrogen) atoms. The quantitative estimate of drug-likeness (QED) is 0.868. The maximum Gasteiger partial charge on any atom is 0.232 e. The first kappa shape index (κ1) is 17.7. The predicted molar refractivity (Wildman–Crippen MR) is 98.8 cm³/mol. The number of aromatic nitrogens is 2. The van der Waals surface area contributed by atoms with Crippen LogP contribution in [0, 0.1) is 5.92 Å². The summed E-state index contributed by atoms with van der Waals surface area (Å²) < 4.78 is 5.35. The van der Waals surface area contributed by atoms with Gasteiger partial charge in [0, 0.05) is 25.1 Å². The lowest BCUT2D eigenvalue weighted by Crippen LogP contribution is -2.35. The molecule has 0 aliphatic carbocycles. The van der Waals surface area contributed by atoms with Gasteiger partial charge < -0.3 is 19.8 Å². The summed E-state index contributed by atoms with van der Waals surface area (Å²) in [5.74, 6) is 1.76. The van der Waals surface area contributed by atoms with Gasteiger partial charge in [-0.1, -0.05) is 38.1 Å². The van der Waals surface area contributed by atoms with E-state index in [9.17, 15) is 5.11 Å². The first-order chi connectivity index (χ1) is 12.0. The monoisotopic (exact) mass is 344 g/mol. The Morgan fingerprint density at radius 3 is 2.60 bits per heavy atom. The molecule has 6 heteroatoms. The van der Waals surface area contributed by atoms with E-state index >= 15 is 0 Å². The van der Waals surface area contributed by atoms with Crippen molar-refractivity contribution in [3.05, 3.63) is 36.0 Å². The van der Waals surface area contributed by atoms with Gasteiger partial charge >= 0.3 is 0 Å². The van der Waals surface area contributed by atoms with Crippen LogP contribution in [-0.2, 0) is 12.0 Å². The lowest BCUT2D eigenvalue weighted by molar-refractivity contribution is 0.203. The summed E-state index contributed by atoms with van der Waals surface area (Å²) in [6.07, 6.45) is 2.06. The number of rotatable bonds is 5. The second-order valence-electron chi connectivity index (χ2n) is 7.75. The lowest BCUT2D eigenvalue weighted by Gasteiger charge is -2.34. The van der Waals surface area contributed by atoms with E-state index < -0.39 is 0 Å². The first-order valence-corrected chi connectivity index (χ1v) is 8.99. The van der Waals surface area contributed by atoms with Crippen molar-refractivity contribution < 1.29 is 9.63 Å². The Morgan fingerprint density at radius 2 is 1.96 bits per heavy atom. The molecule has 1 aromatic carbocycles. The molecule has 0 bridgehead atoms. The number of anilines is 2. The molecular weight excluding hydrogens is 316 g/mol. The summed E-state index contributed by atoms with van der Waals surface area (Å²) in [6, 6.07) is 8.31. The first-order valence-electron chi connectivity index (χ1n) is 8.99. The Balaban J connectivity index is 1.66. The molecule has 0 unspecified atom stereocenters. The molecule has 0 saturated carbocycles. The third-order valence-electron chi connectivity index (χ3n) is 4.66. The van der Waals surface area contributed by atoms with Crippen LogP contribution in [0.5, 0.6) is 0 Å². The number of aliphatic hydroxyl groups excluding tert-OH is 1. The highest BCUT2D eigenvalue weighted by atomic mass is 16.5. The molecule has 0 amide bonds. The van der Waals surface area contributed by atoms with Crippen molar-refractivity contribution in [3.63, 3.8) is 0 Å². The Bertz CT molecular complexity index is 685. The maximum absolute atomic E-state index is 9.32. The zero-order valence-corrected chi connectivity index (χ0v) is 15.3. The van der Waals surface area contributed by atoms with Crippen LogP contribution in [-0.4, -0.2) is 34.9 Å². The van der Waals surface area contributed by atoms with E-state index in [1.807, 2.05) is 6.07 Å². The SMILES string of the molecule is CC(C)(C)c1nc(CNc2ccccc2N2CCC(CO)CC2)no1. The molecular formula is C19H28N4O2. The zero-order chi connectivity index (χ0) is 17.9. The van der Waals surface area contributed by atoms with Gasteiger partial charge in [0.05, 0.1) is 17.9 Å². The predicted octanol–water partition coefficient (Wildman–Crippen LogP) is 3.19. The number of para-hydroxylation sites is 2. The molecule has 1 aromatic heterocycles. The van der Waals surface area contributed by atoms with E-state index in [0.29, 0.717) is 30.8 Å². The van der Waals surface area contributed by atoms with Gasteiger partial charge in [-0.15, -0.1) is 0 Å². The van der Waals surface area contributed by atoms with Gasteiger partial charge in [0.2, 0.25) is 5.89 Å². The molecule has 1 fully saturated rings. The minimum atomic E-state index is -0.139. The summed E-state index contributed by atoms with van der Waals surface area (Å²) in [4.78, 5) is 6.86. The Kier molecular flexibility index (Phi) is 5.27. The second kappa shape index (κ2) is 7.44. The van der Waals surface area contributed by atoms with Crippen molar-refractivity contribution in [3.8, 4) is 0 Å². The van der Waals surface area contributed by atoms with Gasteiger partial charge in [0.25, 0.3) is 0 Å². The molecule has 6 nitrogen and oxygen atoms in total. The fourth-order valence-corrected chi connectivity index (χ4v) is 3.06. The van der Waals surface area contributed by atoms with Crippen molar-refractivity contribution in [2.24, 2.45) is 5.92 Å². The number of hydrogen-bond donors (Lipinski definition) is 2. The molecule has 0 atom stereocenters. The molecule has 1 aliphatic rings. The van der Waals surface area contributed by atoms with E-state index in [2.05, 4.69) is 59.3 Å². The van der Waals surface area contributed by atoms with Crippen molar-refractivity contribution in [1.82, 2.24) is 10.1 Å². The van der Waals surface area contributed by atoms with E-state index in [1.165, 1.54) is 5.69 Å². The Hall–Kier alpha value is -2.08. The fraction of sp³-hybridized carbons (Fsp3) is 0.579. The van der Waals surface area contributed by atoms with Crippen LogP contribution in [0.15, 0.2) is 28.8 Å². The van der Waals surface area contributed by atoms with E-state index in [4.69, 9.17) is 4.52 Å². The van der Waals surface area contributed by atoms with Crippen LogP contribution in [0.1, 0.15) is 45.3 Å². The fourth-order valence-electron chi connectivity index (χ4n) is 3.06. The van der Waals surface area contributed by atoms with Crippen molar-refractivity contribution >= 4 is 11.4 Å². The second-order valence-corrected chi connectivity index (χ2v) is 7.75. The third kappa shape index (κ3) is 4.31. The minimum absolute atomic E-state index is 0.139. The molecule has 136 valence electrons. The molecule has 0 spiro atoms. The van der Waals surface area contributed by atoms with E-state index in [-0.39, 0.29) is 5.41 Å². The number of piperidine rings is 1. The summed E-state index contributed by atoms with van der Waals surface area (Å²) in [5.41, 5.74) is 2.13. The van der Waals surface area contributed by atoms with Crippen LogP contribution in [0.2, 0.25) is 0 Å². The summed E-state index contributed by atoms with van der Waals surface area (Å²) in [5, 5.41) is 16.8. The van der Waals surface area contributed by atoms with Gasteiger partial charge in [0.1, 0.15) is 0 Å². The molecule has 2 aromatic rings. The molecule has 2 heterocycles. The summed E-state index contributed by atoms with van der Waals surface area (Å²) in [7, 11) is 0.